The van der Waals surface area contributed by atoms with Crippen LogP contribution in [0.15, 0.2) is 18.2 Å². The third kappa shape index (κ3) is 1.21. The average Bonchev–Trinajstić information content (AvgIpc) is 2.87. The molecule has 3 heteroatoms. The molecular formula is C8H6N2O. The maximum atomic E-state index is 6.72. The molecule has 1 atom stereocenters. The van der Waals surface area contributed by atoms with Crippen molar-refractivity contribution in [3.8, 4) is 0 Å². The fourth-order valence-corrected chi connectivity index (χ4v) is 0.900. The van der Waals surface area contributed by atoms with E-state index in [2.05, 4.69) is 9.83 Å². The van der Waals surface area contributed by atoms with E-state index in [4.69, 9.17) is 11.3 Å². The molecular weight excluding hydrogens is 140 g/mol. The second-order valence-electron chi connectivity index (χ2n) is 2.35. The molecule has 0 spiro atoms. The van der Waals surface area contributed by atoms with Crippen LogP contribution in [-0.2, 0) is 4.74 Å². The summed E-state index contributed by atoms with van der Waals surface area (Å²) in [6.45, 7) is 7.47. The third-order valence-electron chi connectivity index (χ3n) is 1.53. The molecule has 54 valence electrons. The van der Waals surface area contributed by atoms with Gasteiger partial charge in [0, 0.05) is 0 Å². The Labute approximate surface area is 64.5 Å². The predicted molar refractivity (Wildman–Crippen MR) is 39.2 cm³/mol. The van der Waals surface area contributed by atoms with Gasteiger partial charge >= 0.3 is 0 Å². The molecule has 1 aliphatic rings. The van der Waals surface area contributed by atoms with Gasteiger partial charge in [-0.3, -0.25) is 0 Å². The lowest BCUT2D eigenvalue weighted by Gasteiger charge is -1.89. The summed E-state index contributed by atoms with van der Waals surface area (Å²) in [5, 5.41) is 0. The molecule has 0 N–H and O–H groups in total. The van der Waals surface area contributed by atoms with Crippen LogP contribution in [0.25, 0.3) is 4.85 Å². The summed E-state index contributed by atoms with van der Waals surface area (Å²) in [7, 11) is 0. The van der Waals surface area contributed by atoms with Crippen LogP contribution in [0.4, 0.5) is 5.82 Å². The van der Waals surface area contributed by atoms with Crippen molar-refractivity contribution in [2.75, 3.05) is 6.61 Å². The van der Waals surface area contributed by atoms with Crippen LogP contribution in [0.3, 0.4) is 0 Å². The Balaban J connectivity index is 2.35. The average molecular weight is 146 g/mol. The van der Waals surface area contributed by atoms with Crippen LogP contribution < -0.4 is 0 Å². The molecule has 1 aromatic heterocycles. The standard InChI is InChI=1S/C8H6N2O/c1-9-8-4-2-3-6(10-8)7-5-11-7/h2-4,7H,5H2. The third-order valence-corrected chi connectivity index (χ3v) is 1.53. The number of epoxide rings is 1. The molecule has 0 radical (unpaired) electrons. The van der Waals surface area contributed by atoms with Crippen molar-refractivity contribution in [2.45, 2.75) is 6.10 Å². The van der Waals surface area contributed by atoms with E-state index in [1.165, 1.54) is 0 Å². The first-order valence-corrected chi connectivity index (χ1v) is 3.36. The van der Waals surface area contributed by atoms with Crippen molar-refractivity contribution >= 4 is 5.82 Å². The molecule has 0 bridgehead atoms. The van der Waals surface area contributed by atoms with E-state index in [1.54, 1.807) is 6.07 Å². The zero-order valence-corrected chi connectivity index (χ0v) is 5.82. The van der Waals surface area contributed by atoms with Gasteiger partial charge in [-0.1, -0.05) is 12.6 Å². The van der Waals surface area contributed by atoms with Gasteiger partial charge in [-0.25, -0.2) is 0 Å². The SMILES string of the molecule is [C-]#[N+]c1cccc(C2CO2)n1. The van der Waals surface area contributed by atoms with Crippen LogP contribution >= 0.6 is 0 Å². The first-order valence-electron chi connectivity index (χ1n) is 3.36. The minimum atomic E-state index is 0.150. The van der Waals surface area contributed by atoms with Gasteiger partial charge in [0.05, 0.1) is 6.61 Å². The minimum absolute atomic E-state index is 0.150. The molecule has 0 aromatic carbocycles. The number of hydrogen-bond donors (Lipinski definition) is 0. The van der Waals surface area contributed by atoms with Crippen LogP contribution in [0.1, 0.15) is 11.8 Å². The zero-order valence-electron chi connectivity index (χ0n) is 5.82. The molecule has 0 saturated carbocycles. The molecule has 1 unspecified atom stereocenters. The van der Waals surface area contributed by atoms with Gasteiger partial charge in [0.2, 0.25) is 0 Å². The fourth-order valence-electron chi connectivity index (χ4n) is 0.900. The Hall–Kier alpha value is -1.40. The molecule has 0 aliphatic carbocycles. The van der Waals surface area contributed by atoms with Gasteiger partial charge in [-0.05, 0) is 12.1 Å². The molecule has 2 heterocycles. The van der Waals surface area contributed by atoms with Gasteiger partial charge in [0.25, 0.3) is 5.82 Å². The topological polar surface area (TPSA) is 29.8 Å². The van der Waals surface area contributed by atoms with Gasteiger partial charge in [-0.2, -0.15) is 0 Å². The Morgan fingerprint density at radius 2 is 2.45 bits per heavy atom. The van der Waals surface area contributed by atoms with Crippen molar-refractivity contribution in [1.82, 2.24) is 4.98 Å². The first-order chi connectivity index (χ1) is 5.40. The number of nitrogens with zero attached hydrogens (tertiary/aromatic N) is 2. The molecule has 0 amide bonds. The van der Waals surface area contributed by atoms with Crippen molar-refractivity contribution in [3.63, 3.8) is 0 Å². The van der Waals surface area contributed by atoms with E-state index in [0.29, 0.717) is 5.82 Å². The summed E-state index contributed by atoms with van der Waals surface area (Å²) < 4.78 is 5.03. The number of pyridine rings is 1. The maximum absolute atomic E-state index is 6.72. The molecule has 1 aromatic rings. The highest BCUT2D eigenvalue weighted by molar-refractivity contribution is 5.36. The summed E-state index contributed by atoms with van der Waals surface area (Å²) in [6, 6.07) is 5.41. The van der Waals surface area contributed by atoms with Crippen molar-refractivity contribution in [3.05, 3.63) is 35.3 Å². The van der Waals surface area contributed by atoms with Crippen LogP contribution in [-0.4, -0.2) is 11.6 Å². The fraction of sp³-hybridized carbons (Fsp3) is 0.250. The quantitative estimate of drug-likeness (QED) is 0.446. The summed E-state index contributed by atoms with van der Waals surface area (Å²) in [5.41, 5.74) is 0.874. The molecule has 3 nitrogen and oxygen atoms in total. The Bertz CT molecular complexity index is 312. The first kappa shape index (κ1) is 6.32. The van der Waals surface area contributed by atoms with Crippen LogP contribution in [0.2, 0.25) is 0 Å². The molecule has 1 fully saturated rings. The van der Waals surface area contributed by atoms with Gasteiger partial charge in [0.15, 0.2) is 5.69 Å². The zero-order chi connectivity index (χ0) is 7.68. The Morgan fingerprint density at radius 3 is 3.09 bits per heavy atom. The number of rotatable bonds is 1. The summed E-state index contributed by atoms with van der Waals surface area (Å²) in [6.07, 6.45) is 0.150. The normalized spacial score (nSPS) is 20.8. The van der Waals surface area contributed by atoms with E-state index in [0.717, 1.165) is 12.3 Å². The number of aromatic nitrogens is 1. The van der Waals surface area contributed by atoms with Gasteiger partial charge in [-0.15, -0.1) is 4.98 Å². The highest BCUT2D eigenvalue weighted by Gasteiger charge is 2.28. The van der Waals surface area contributed by atoms with Crippen LogP contribution in [0, 0.1) is 6.57 Å². The Morgan fingerprint density at radius 1 is 1.64 bits per heavy atom. The second-order valence-corrected chi connectivity index (χ2v) is 2.35. The number of hydrogen-bond acceptors (Lipinski definition) is 2. The summed E-state index contributed by atoms with van der Waals surface area (Å²) in [5.74, 6) is 0.443. The van der Waals surface area contributed by atoms with E-state index in [9.17, 15) is 0 Å². The monoisotopic (exact) mass is 146 g/mol. The molecule has 11 heavy (non-hydrogen) atoms. The van der Waals surface area contributed by atoms with Crippen molar-refractivity contribution < 1.29 is 4.74 Å². The van der Waals surface area contributed by atoms with E-state index in [-0.39, 0.29) is 6.10 Å². The van der Waals surface area contributed by atoms with Crippen LogP contribution in [0.5, 0.6) is 0 Å². The molecule has 2 rings (SSSR count). The van der Waals surface area contributed by atoms with Crippen molar-refractivity contribution in [2.24, 2.45) is 0 Å². The smallest absolute Gasteiger partial charge is 0.269 e. The second kappa shape index (κ2) is 2.33. The van der Waals surface area contributed by atoms with E-state index in [1.807, 2.05) is 12.1 Å². The molecule has 1 aliphatic heterocycles. The lowest BCUT2D eigenvalue weighted by atomic mass is 10.3. The highest BCUT2D eigenvalue weighted by atomic mass is 16.6. The lowest BCUT2D eigenvalue weighted by Crippen LogP contribution is -1.84. The van der Waals surface area contributed by atoms with Gasteiger partial charge in [0.1, 0.15) is 6.10 Å². The predicted octanol–water partition coefficient (Wildman–Crippen LogP) is 1.70. The minimum Gasteiger partial charge on any atom is -0.364 e. The number of ether oxygens (including phenoxy) is 1. The summed E-state index contributed by atoms with van der Waals surface area (Å²) in [4.78, 5) is 7.30. The Kier molecular flexibility index (Phi) is 1.34. The van der Waals surface area contributed by atoms with Crippen molar-refractivity contribution in [1.29, 1.82) is 0 Å². The summed E-state index contributed by atoms with van der Waals surface area (Å²) >= 11 is 0. The maximum Gasteiger partial charge on any atom is 0.269 e. The molecule has 1 saturated heterocycles. The lowest BCUT2D eigenvalue weighted by molar-refractivity contribution is 0.411. The van der Waals surface area contributed by atoms with E-state index < -0.39 is 0 Å². The van der Waals surface area contributed by atoms with Gasteiger partial charge < -0.3 is 9.58 Å². The highest BCUT2D eigenvalue weighted by Crippen LogP contribution is 2.28. The van der Waals surface area contributed by atoms with E-state index >= 15 is 0 Å². The largest absolute Gasteiger partial charge is 0.364 e.